The van der Waals surface area contributed by atoms with Crippen LogP contribution in [0, 0.1) is 0 Å². The molecular formula is C47H77N7O7S. The molecule has 4 N–H and O–H groups in total. The van der Waals surface area contributed by atoms with Gasteiger partial charge in [0, 0.05) is 42.9 Å². The number of thioether (sulfide) groups is 1. The number of ether oxygens (including phenoxy) is 3. The average Bonchev–Trinajstić information content (AvgIpc) is 3.56. The van der Waals surface area contributed by atoms with Crippen molar-refractivity contribution in [2.75, 3.05) is 36.9 Å². The molecule has 348 valence electrons. The Kier molecular flexibility index (Phi) is 22.7. The molecule has 14 nitrogen and oxygen atoms in total. The number of aryl methyl sites for hydroxylation is 1. The van der Waals surface area contributed by atoms with Gasteiger partial charge in [0.05, 0.1) is 17.6 Å². The maximum atomic E-state index is 13.6. The molecule has 0 fully saturated rings. The lowest BCUT2D eigenvalue weighted by Gasteiger charge is -2.26. The lowest BCUT2D eigenvalue weighted by atomic mass is 10.0. The fourth-order valence-corrected chi connectivity index (χ4v) is 7.89. The number of benzene rings is 1. The van der Waals surface area contributed by atoms with Crippen molar-refractivity contribution in [2.45, 2.75) is 182 Å². The number of nitrogens with one attached hydrogen (secondary N) is 2. The minimum absolute atomic E-state index is 0.175. The Balaban J connectivity index is 1.52. The molecule has 0 saturated carbocycles. The van der Waals surface area contributed by atoms with E-state index in [1.807, 2.05) is 56.5 Å². The molecule has 0 saturated heterocycles. The molecule has 0 spiro atoms. The first-order valence-electron chi connectivity index (χ1n) is 23.0. The maximum Gasteiger partial charge on any atom is 0.410 e. The number of imidazole rings is 1. The number of pyridine rings is 1. The molecular weight excluding hydrogens is 807 g/mol. The maximum absolute atomic E-state index is 13.6. The van der Waals surface area contributed by atoms with Gasteiger partial charge in [-0.25, -0.2) is 19.6 Å². The van der Waals surface area contributed by atoms with Crippen molar-refractivity contribution in [1.29, 1.82) is 0 Å². The van der Waals surface area contributed by atoms with Crippen molar-refractivity contribution in [1.82, 2.24) is 30.1 Å². The first kappa shape index (κ1) is 52.1. The third kappa shape index (κ3) is 19.4. The van der Waals surface area contributed by atoms with E-state index in [0.29, 0.717) is 43.0 Å². The number of aromatic nitrogens is 3. The van der Waals surface area contributed by atoms with Crippen LogP contribution in [0.1, 0.15) is 158 Å². The highest BCUT2D eigenvalue weighted by Crippen LogP contribution is 2.30. The van der Waals surface area contributed by atoms with Crippen LogP contribution in [0.5, 0.6) is 0 Å². The summed E-state index contributed by atoms with van der Waals surface area (Å²) in [6, 6.07) is 6.79. The largest absolute Gasteiger partial charge is 0.465 e. The van der Waals surface area contributed by atoms with Gasteiger partial charge in [-0.3, -0.25) is 9.59 Å². The van der Waals surface area contributed by atoms with E-state index >= 15 is 0 Å². The zero-order chi connectivity index (χ0) is 45.5. The van der Waals surface area contributed by atoms with Crippen LogP contribution in [-0.4, -0.2) is 91.9 Å². The van der Waals surface area contributed by atoms with Gasteiger partial charge in [-0.1, -0.05) is 102 Å². The van der Waals surface area contributed by atoms with Gasteiger partial charge in [0.15, 0.2) is 5.82 Å². The van der Waals surface area contributed by atoms with E-state index in [0.717, 1.165) is 35.7 Å². The number of hydrogen-bond donors (Lipinski definition) is 3. The Morgan fingerprint density at radius 2 is 1.44 bits per heavy atom. The number of anilines is 1. The van der Waals surface area contributed by atoms with Gasteiger partial charge in [0.2, 0.25) is 5.91 Å². The third-order valence-electron chi connectivity index (χ3n) is 10.2. The summed E-state index contributed by atoms with van der Waals surface area (Å²) in [4.78, 5) is 62.9. The average molecular weight is 884 g/mol. The number of esters is 1. The Morgan fingerprint density at radius 1 is 0.823 bits per heavy atom. The number of carbonyl (C=O) groups is 4. The molecule has 0 aliphatic carbocycles. The number of carbonyl (C=O) groups excluding carboxylic acids is 4. The van der Waals surface area contributed by atoms with Crippen LogP contribution >= 0.6 is 11.8 Å². The van der Waals surface area contributed by atoms with E-state index in [1.165, 1.54) is 76.0 Å². The molecule has 1 atom stereocenters. The second-order valence-electron chi connectivity index (χ2n) is 18.0. The number of alkyl carbamates (subject to hydrolysis) is 1. The van der Waals surface area contributed by atoms with Crippen LogP contribution in [0.15, 0.2) is 24.3 Å². The number of nitrogens with two attached hydrogens (primary N) is 1. The third-order valence-corrected chi connectivity index (χ3v) is 11.2. The number of nitrogens with zero attached hydrogens (tertiary/aromatic N) is 4. The zero-order valence-electron chi connectivity index (χ0n) is 39.1. The zero-order valence-corrected chi connectivity index (χ0v) is 39.9. The molecule has 3 amide bonds. The van der Waals surface area contributed by atoms with Crippen LogP contribution in [0.2, 0.25) is 0 Å². The summed E-state index contributed by atoms with van der Waals surface area (Å²) >= 11 is 1.41. The Labute approximate surface area is 374 Å². The summed E-state index contributed by atoms with van der Waals surface area (Å²) in [6.07, 6.45) is 16.0. The summed E-state index contributed by atoms with van der Waals surface area (Å²) < 4.78 is 18.6. The first-order chi connectivity index (χ1) is 29.5. The van der Waals surface area contributed by atoms with Crippen LogP contribution in [-0.2, 0) is 36.9 Å². The van der Waals surface area contributed by atoms with Gasteiger partial charge in [0.1, 0.15) is 35.2 Å². The molecule has 0 aliphatic rings. The normalized spacial score (nSPS) is 12.3. The molecule has 15 heteroatoms. The van der Waals surface area contributed by atoms with E-state index < -0.39 is 29.4 Å². The van der Waals surface area contributed by atoms with Crippen molar-refractivity contribution < 1.29 is 33.4 Å². The van der Waals surface area contributed by atoms with Crippen LogP contribution in [0.3, 0.4) is 0 Å². The van der Waals surface area contributed by atoms with E-state index in [4.69, 9.17) is 24.9 Å². The van der Waals surface area contributed by atoms with Gasteiger partial charge in [-0.2, -0.15) is 11.8 Å². The van der Waals surface area contributed by atoms with Gasteiger partial charge in [0.25, 0.3) is 0 Å². The first-order valence-corrected chi connectivity index (χ1v) is 24.2. The highest BCUT2D eigenvalue weighted by molar-refractivity contribution is 7.99. The molecule has 2 aromatic heterocycles. The van der Waals surface area contributed by atoms with E-state index in [1.54, 1.807) is 25.7 Å². The molecule has 0 aliphatic heterocycles. The number of nitrogen functional groups attached to an aromatic ring is 1. The summed E-state index contributed by atoms with van der Waals surface area (Å²) in [6.45, 7) is 16.4. The highest BCUT2D eigenvalue weighted by atomic mass is 32.2. The summed E-state index contributed by atoms with van der Waals surface area (Å²) in [5.41, 5.74) is 7.06. The van der Waals surface area contributed by atoms with Gasteiger partial charge in [-0.05, 0) is 67.4 Å². The predicted molar refractivity (Wildman–Crippen MR) is 251 cm³/mol. The summed E-state index contributed by atoms with van der Waals surface area (Å²) in [7, 11) is 0. The molecule has 62 heavy (non-hydrogen) atoms. The number of hydrogen-bond acceptors (Lipinski definition) is 11. The van der Waals surface area contributed by atoms with Crippen molar-refractivity contribution in [3.8, 4) is 0 Å². The van der Waals surface area contributed by atoms with Crippen molar-refractivity contribution in [3.05, 3.63) is 30.1 Å². The van der Waals surface area contributed by atoms with Crippen molar-refractivity contribution in [3.63, 3.8) is 0 Å². The fraction of sp³-hybridized carbons (Fsp3) is 0.702. The SMILES string of the molecule is CCCCCCCCCCCCCCCC(=O)OCCSC[C@H](NC(=O)OC(C)(C)C)C(=O)NCCCn1c(CN(CC)C(=O)OC(C)(C)C)nc2c(N)nc3ccccc3c21. The standard InChI is InChI=1S/C47H77N7O7S/c1-9-11-12-13-14-15-16-17-18-19-20-21-22-28-39(55)59-31-32-62-34-37(51-44(57)60-46(3,4)5)43(56)49-29-25-30-54-38(33-53(10-2)45(58)61-47(6,7)8)52-40-41(54)35-26-23-24-27-36(35)50-42(40)48/h23-24,26-27,37H,9-22,25,28-34H2,1-8H3,(H2,48,50)(H,49,56)(H,51,57)/t37-/m0/s1. The molecule has 0 radical (unpaired) electrons. The highest BCUT2D eigenvalue weighted by Gasteiger charge is 2.26. The van der Waals surface area contributed by atoms with Crippen molar-refractivity contribution >= 4 is 63.6 Å². The topological polar surface area (TPSA) is 180 Å². The summed E-state index contributed by atoms with van der Waals surface area (Å²) in [5.74, 6) is 1.06. The minimum atomic E-state index is -0.886. The molecule has 3 rings (SSSR count). The van der Waals surface area contributed by atoms with Crippen molar-refractivity contribution in [2.24, 2.45) is 0 Å². The number of rotatable bonds is 28. The van der Waals surface area contributed by atoms with E-state index in [9.17, 15) is 19.2 Å². The van der Waals surface area contributed by atoms with Crippen LogP contribution in [0.4, 0.5) is 15.4 Å². The number of unbranched alkanes of at least 4 members (excludes halogenated alkanes) is 12. The Morgan fingerprint density at radius 3 is 2.05 bits per heavy atom. The Bertz CT molecular complexity index is 1840. The van der Waals surface area contributed by atoms with Crippen LogP contribution in [0.25, 0.3) is 21.9 Å². The Hall–Kier alpha value is -4.27. The molecule has 2 heterocycles. The second-order valence-corrected chi connectivity index (χ2v) is 19.2. The van der Waals surface area contributed by atoms with Gasteiger partial charge >= 0.3 is 18.2 Å². The summed E-state index contributed by atoms with van der Waals surface area (Å²) in [5, 5.41) is 6.57. The smallest absolute Gasteiger partial charge is 0.410 e. The monoisotopic (exact) mass is 884 g/mol. The number of amides is 3. The van der Waals surface area contributed by atoms with E-state index in [2.05, 4.69) is 22.5 Å². The second kappa shape index (κ2) is 27.0. The van der Waals surface area contributed by atoms with Gasteiger partial charge in [-0.15, -0.1) is 0 Å². The molecule has 0 unspecified atom stereocenters. The lowest BCUT2D eigenvalue weighted by molar-refractivity contribution is -0.143. The lowest BCUT2D eigenvalue weighted by Crippen LogP contribution is -2.49. The minimum Gasteiger partial charge on any atom is -0.465 e. The van der Waals surface area contributed by atoms with E-state index in [-0.39, 0.29) is 43.1 Å². The quantitative estimate of drug-likeness (QED) is 0.0359. The number of fused-ring (bicyclic) bond motifs is 3. The molecule has 0 bridgehead atoms. The predicted octanol–water partition coefficient (Wildman–Crippen LogP) is 10.1. The number of para-hydroxylation sites is 1. The molecule has 1 aromatic carbocycles. The van der Waals surface area contributed by atoms with Gasteiger partial charge < -0.3 is 40.0 Å². The fourth-order valence-electron chi connectivity index (χ4n) is 7.05. The molecule has 3 aromatic rings. The van der Waals surface area contributed by atoms with Crippen LogP contribution < -0.4 is 16.4 Å².